The topological polar surface area (TPSA) is 70.6 Å². The monoisotopic (exact) mass is 277 g/mol. The first-order chi connectivity index (χ1) is 8.98. The number of amides is 2. The van der Waals surface area contributed by atoms with Crippen molar-refractivity contribution in [3.63, 3.8) is 0 Å². The molecule has 1 aromatic rings. The lowest BCUT2D eigenvalue weighted by Gasteiger charge is -2.36. The van der Waals surface area contributed by atoms with Gasteiger partial charge in [-0.05, 0) is 24.5 Å². The summed E-state index contributed by atoms with van der Waals surface area (Å²) in [6, 6.07) is 2.01. The van der Waals surface area contributed by atoms with E-state index < -0.39 is 0 Å². The van der Waals surface area contributed by atoms with E-state index in [0.29, 0.717) is 6.42 Å². The molecule has 0 saturated carbocycles. The number of rotatable bonds is 1. The van der Waals surface area contributed by atoms with Crippen LogP contribution in [-0.4, -0.2) is 17.5 Å². The van der Waals surface area contributed by atoms with Crippen LogP contribution < -0.4 is 10.7 Å². The summed E-state index contributed by atoms with van der Waals surface area (Å²) in [5.41, 5.74) is 4.56. The Bertz CT molecular complexity index is 605. The van der Waals surface area contributed by atoms with Crippen molar-refractivity contribution < 1.29 is 9.59 Å². The fourth-order valence-corrected chi connectivity index (χ4v) is 4.02. The van der Waals surface area contributed by atoms with Crippen LogP contribution in [-0.2, 0) is 16.0 Å². The van der Waals surface area contributed by atoms with Crippen molar-refractivity contribution >= 4 is 33.9 Å². The standard InChI is InChI=1S/C13H15N3O2S/c1-7(17)14-10-5-8-3-4-13(2)6-9(18)15-16-12(13)11(8)19-10/h5H,3-4,6H2,1-2H3,(H,14,17)(H,15,18). The molecule has 100 valence electrons. The van der Waals surface area contributed by atoms with Crippen LogP contribution in [0.15, 0.2) is 11.2 Å². The first kappa shape index (κ1) is 12.3. The largest absolute Gasteiger partial charge is 0.318 e. The molecule has 6 heteroatoms. The van der Waals surface area contributed by atoms with Crippen molar-refractivity contribution in [3.05, 3.63) is 16.5 Å². The van der Waals surface area contributed by atoms with Gasteiger partial charge in [0.15, 0.2) is 0 Å². The summed E-state index contributed by atoms with van der Waals surface area (Å²) < 4.78 is 0. The van der Waals surface area contributed by atoms with Gasteiger partial charge < -0.3 is 5.32 Å². The van der Waals surface area contributed by atoms with Gasteiger partial charge in [-0.3, -0.25) is 9.59 Å². The summed E-state index contributed by atoms with van der Waals surface area (Å²) in [6.45, 7) is 3.59. The number of hydrogen-bond donors (Lipinski definition) is 2. The van der Waals surface area contributed by atoms with Gasteiger partial charge in [-0.15, -0.1) is 11.3 Å². The van der Waals surface area contributed by atoms with Crippen LogP contribution in [0.5, 0.6) is 0 Å². The minimum absolute atomic E-state index is 0.0201. The number of carbonyl (C=O) groups is 2. The van der Waals surface area contributed by atoms with Gasteiger partial charge in [0.2, 0.25) is 11.8 Å². The Labute approximate surface area is 115 Å². The summed E-state index contributed by atoms with van der Waals surface area (Å²) in [7, 11) is 0. The number of hydrogen-bond acceptors (Lipinski definition) is 4. The van der Waals surface area contributed by atoms with E-state index >= 15 is 0 Å². The van der Waals surface area contributed by atoms with Crippen LogP contribution in [0, 0.1) is 5.41 Å². The Morgan fingerprint density at radius 3 is 3.11 bits per heavy atom. The second kappa shape index (κ2) is 4.16. The Kier molecular flexibility index (Phi) is 2.70. The molecule has 1 aliphatic carbocycles. The summed E-state index contributed by atoms with van der Waals surface area (Å²) in [5.74, 6) is -0.0893. The second-order valence-corrected chi connectivity index (χ2v) is 6.43. The maximum Gasteiger partial charge on any atom is 0.241 e. The lowest BCUT2D eigenvalue weighted by molar-refractivity contribution is -0.123. The first-order valence-corrected chi connectivity index (χ1v) is 7.07. The highest BCUT2D eigenvalue weighted by molar-refractivity contribution is 7.18. The van der Waals surface area contributed by atoms with Gasteiger partial charge in [-0.1, -0.05) is 6.92 Å². The molecule has 1 aromatic heterocycles. The van der Waals surface area contributed by atoms with E-state index in [1.54, 1.807) is 0 Å². The Morgan fingerprint density at radius 2 is 2.37 bits per heavy atom. The molecule has 0 saturated heterocycles. The summed E-state index contributed by atoms with van der Waals surface area (Å²) in [5, 5.41) is 7.92. The van der Waals surface area contributed by atoms with Gasteiger partial charge in [0.05, 0.1) is 15.6 Å². The lowest BCUT2D eigenvalue weighted by Crippen LogP contribution is -2.43. The molecule has 1 unspecified atom stereocenters. The van der Waals surface area contributed by atoms with Crippen molar-refractivity contribution in [1.82, 2.24) is 5.43 Å². The zero-order valence-corrected chi connectivity index (χ0v) is 11.7. The summed E-state index contributed by atoms with van der Waals surface area (Å²) in [6.07, 6.45) is 2.33. The molecule has 0 bridgehead atoms. The quantitative estimate of drug-likeness (QED) is 0.823. The highest BCUT2D eigenvalue weighted by Crippen LogP contribution is 2.44. The molecule has 0 fully saturated rings. The van der Waals surface area contributed by atoms with E-state index in [2.05, 4.69) is 22.8 Å². The predicted octanol–water partition coefficient (Wildman–Crippen LogP) is 1.88. The van der Waals surface area contributed by atoms with Crippen LogP contribution in [0.4, 0.5) is 5.00 Å². The van der Waals surface area contributed by atoms with Crippen LogP contribution in [0.1, 0.15) is 37.1 Å². The van der Waals surface area contributed by atoms with Crippen molar-refractivity contribution in [2.24, 2.45) is 10.5 Å². The smallest absolute Gasteiger partial charge is 0.241 e. The van der Waals surface area contributed by atoms with Crippen molar-refractivity contribution in [2.45, 2.75) is 33.1 Å². The van der Waals surface area contributed by atoms with Crippen LogP contribution in [0.2, 0.25) is 0 Å². The van der Waals surface area contributed by atoms with E-state index in [1.165, 1.54) is 23.8 Å². The molecular formula is C13H15N3O2S. The van der Waals surface area contributed by atoms with E-state index in [9.17, 15) is 9.59 Å². The first-order valence-electron chi connectivity index (χ1n) is 6.26. The fourth-order valence-electron chi connectivity index (χ4n) is 2.72. The number of nitrogens with one attached hydrogen (secondary N) is 2. The van der Waals surface area contributed by atoms with E-state index in [1.807, 2.05) is 6.07 Å². The Hall–Kier alpha value is -1.69. The third-order valence-corrected chi connectivity index (χ3v) is 4.78. The molecule has 1 atom stereocenters. The minimum Gasteiger partial charge on any atom is -0.318 e. The van der Waals surface area contributed by atoms with Crippen LogP contribution >= 0.6 is 11.3 Å². The number of hydrazone groups is 1. The molecule has 2 aliphatic rings. The maximum absolute atomic E-state index is 11.5. The van der Waals surface area contributed by atoms with Gasteiger partial charge in [-0.2, -0.15) is 5.10 Å². The van der Waals surface area contributed by atoms with E-state index in [0.717, 1.165) is 28.4 Å². The molecule has 3 rings (SSSR count). The van der Waals surface area contributed by atoms with E-state index in [4.69, 9.17) is 0 Å². The number of anilines is 1. The van der Waals surface area contributed by atoms with Crippen LogP contribution in [0.3, 0.4) is 0 Å². The van der Waals surface area contributed by atoms with Gasteiger partial charge in [-0.25, -0.2) is 5.43 Å². The number of carbonyl (C=O) groups excluding carboxylic acids is 2. The molecule has 0 radical (unpaired) electrons. The zero-order chi connectivity index (χ0) is 13.6. The van der Waals surface area contributed by atoms with Gasteiger partial charge in [0.1, 0.15) is 0 Å². The van der Waals surface area contributed by atoms with E-state index in [-0.39, 0.29) is 17.2 Å². The molecule has 2 heterocycles. The highest BCUT2D eigenvalue weighted by Gasteiger charge is 2.41. The van der Waals surface area contributed by atoms with Crippen molar-refractivity contribution in [3.8, 4) is 0 Å². The number of thiophene rings is 1. The Morgan fingerprint density at radius 1 is 1.58 bits per heavy atom. The third kappa shape index (κ3) is 2.06. The molecule has 1 aliphatic heterocycles. The molecule has 0 spiro atoms. The minimum atomic E-state index is -0.173. The SMILES string of the molecule is CC(=O)Nc1cc2c(s1)C1=NNC(=O)CC1(C)CC2. The summed E-state index contributed by atoms with van der Waals surface area (Å²) in [4.78, 5) is 23.7. The third-order valence-electron chi connectivity index (χ3n) is 3.68. The van der Waals surface area contributed by atoms with Gasteiger partial charge in [0.25, 0.3) is 0 Å². The number of aryl methyl sites for hydroxylation is 1. The van der Waals surface area contributed by atoms with Gasteiger partial charge in [0, 0.05) is 18.8 Å². The number of nitrogens with zero attached hydrogens (tertiary/aromatic N) is 1. The average Bonchev–Trinajstić information content (AvgIpc) is 2.69. The zero-order valence-electron chi connectivity index (χ0n) is 10.9. The molecule has 0 aromatic carbocycles. The average molecular weight is 277 g/mol. The molecule has 2 amide bonds. The maximum atomic E-state index is 11.5. The molecule has 19 heavy (non-hydrogen) atoms. The number of fused-ring (bicyclic) bond motifs is 3. The summed E-state index contributed by atoms with van der Waals surface area (Å²) >= 11 is 1.54. The van der Waals surface area contributed by atoms with Gasteiger partial charge >= 0.3 is 0 Å². The Balaban J connectivity index is 2.02. The lowest BCUT2D eigenvalue weighted by atomic mass is 9.71. The predicted molar refractivity (Wildman–Crippen MR) is 74.3 cm³/mol. The fraction of sp³-hybridized carbons (Fsp3) is 0.462. The molecule has 5 nitrogen and oxygen atoms in total. The second-order valence-electron chi connectivity index (χ2n) is 5.38. The van der Waals surface area contributed by atoms with Crippen molar-refractivity contribution in [1.29, 1.82) is 0 Å². The molecule has 2 N–H and O–H groups in total. The van der Waals surface area contributed by atoms with Crippen molar-refractivity contribution in [2.75, 3.05) is 5.32 Å². The molecular weight excluding hydrogens is 262 g/mol. The van der Waals surface area contributed by atoms with Crippen LogP contribution in [0.25, 0.3) is 0 Å². The normalized spacial score (nSPS) is 24.9. The highest BCUT2D eigenvalue weighted by atomic mass is 32.1.